The molecule has 17 heavy (non-hydrogen) atoms. The average Bonchev–Trinajstić information content (AvgIpc) is 2.33. The minimum atomic E-state index is -0.436. The van der Waals surface area contributed by atoms with Crippen LogP contribution in [-0.2, 0) is 9.47 Å². The van der Waals surface area contributed by atoms with Crippen LogP contribution in [0.15, 0.2) is 30.3 Å². The maximum absolute atomic E-state index is 5.63. The highest BCUT2D eigenvalue weighted by molar-refractivity contribution is 5.18. The molecule has 1 unspecified atom stereocenters. The Hall–Kier alpha value is -0.900. The summed E-state index contributed by atoms with van der Waals surface area (Å²) in [5, 5.41) is 3.52. The van der Waals surface area contributed by atoms with Crippen molar-refractivity contribution in [3.63, 3.8) is 0 Å². The topological polar surface area (TPSA) is 30.5 Å². The second kappa shape index (κ2) is 5.17. The molecule has 1 atom stereocenters. The van der Waals surface area contributed by atoms with Gasteiger partial charge in [-0.2, -0.15) is 0 Å². The standard InChI is InChI=1S/C14H21NO2/c1-11(12-7-5-4-6-8-12)15-13-9-16-14(2,3)17-10-13/h4-8,11,13,15H,9-10H2,1-3H3. The molecule has 1 saturated heterocycles. The maximum atomic E-state index is 5.63. The van der Waals surface area contributed by atoms with Gasteiger partial charge in [0, 0.05) is 6.04 Å². The zero-order valence-corrected chi connectivity index (χ0v) is 10.8. The first kappa shape index (κ1) is 12.6. The molecule has 1 aliphatic heterocycles. The number of rotatable bonds is 3. The smallest absolute Gasteiger partial charge is 0.162 e. The summed E-state index contributed by atoms with van der Waals surface area (Å²) in [4.78, 5) is 0. The monoisotopic (exact) mass is 235 g/mol. The molecule has 0 aromatic heterocycles. The van der Waals surface area contributed by atoms with Gasteiger partial charge in [0.1, 0.15) is 0 Å². The van der Waals surface area contributed by atoms with Crippen molar-refractivity contribution >= 4 is 0 Å². The number of ether oxygens (including phenoxy) is 2. The zero-order valence-electron chi connectivity index (χ0n) is 10.8. The van der Waals surface area contributed by atoms with Crippen LogP contribution in [0.2, 0.25) is 0 Å². The van der Waals surface area contributed by atoms with E-state index in [-0.39, 0.29) is 6.04 Å². The van der Waals surface area contributed by atoms with Gasteiger partial charge in [-0.05, 0) is 26.3 Å². The van der Waals surface area contributed by atoms with Gasteiger partial charge in [-0.3, -0.25) is 0 Å². The van der Waals surface area contributed by atoms with Crippen LogP contribution in [0.1, 0.15) is 32.4 Å². The molecule has 3 nitrogen and oxygen atoms in total. The van der Waals surface area contributed by atoms with E-state index >= 15 is 0 Å². The third-order valence-corrected chi connectivity index (χ3v) is 3.05. The van der Waals surface area contributed by atoms with Crippen molar-refractivity contribution in [3.8, 4) is 0 Å². The molecule has 0 radical (unpaired) electrons. The average molecular weight is 235 g/mol. The Labute approximate surface area is 103 Å². The first-order valence-electron chi connectivity index (χ1n) is 6.16. The van der Waals surface area contributed by atoms with Gasteiger partial charge in [0.15, 0.2) is 5.79 Å². The molecular formula is C14H21NO2. The Morgan fingerprint density at radius 2 is 1.76 bits per heavy atom. The van der Waals surface area contributed by atoms with E-state index in [9.17, 15) is 0 Å². The summed E-state index contributed by atoms with van der Waals surface area (Å²) < 4.78 is 11.3. The fourth-order valence-corrected chi connectivity index (χ4v) is 1.98. The lowest BCUT2D eigenvalue weighted by Crippen LogP contribution is -2.49. The van der Waals surface area contributed by atoms with E-state index in [0.717, 1.165) is 0 Å². The largest absolute Gasteiger partial charge is 0.349 e. The van der Waals surface area contributed by atoms with Crippen molar-refractivity contribution in [3.05, 3.63) is 35.9 Å². The fraction of sp³-hybridized carbons (Fsp3) is 0.571. The third kappa shape index (κ3) is 3.53. The van der Waals surface area contributed by atoms with Crippen LogP contribution < -0.4 is 5.32 Å². The second-order valence-electron chi connectivity index (χ2n) is 5.02. The lowest BCUT2D eigenvalue weighted by Gasteiger charge is -2.36. The van der Waals surface area contributed by atoms with E-state index in [4.69, 9.17) is 9.47 Å². The number of hydrogen-bond acceptors (Lipinski definition) is 3. The minimum absolute atomic E-state index is 0.262. The summed E-state index contributed by atoms with van der Waals surface area (Å²) in [7, 11) is 0. The van der Waals surface area contributed by atoms with Gasteiger partial charge >= 0.3 is 0 Å². The highest BCUT2D eigenvalue weighted by Gasteiger charge is 2.28. The number of hydrogen-bond donors (Lipinski definition) is 1. The minimum Gasteiger partial charge on any atom is -0.349 e. The maximum Gasteiger partial charge on any atom is 0.162 e. The molecule has 0 amide bonds. The molecule has 1 heterocycles. The predicted molar refractivity (Wildman–Crippen MR) is 67.8 cm³/mol. The fourth-order valence-electron chi connectivity index (χ4n) is 1.98. The van der Waals surface area contributed by atoms with Gasteiger partial charge < -0.3 is 14.8 Å². The van der Waals surface area contributed by atoms with Gasteiger partial charge in [-0.15, -0.1) is 0 Å². The van der Waals surface area contributed by atoms with E-state index in [1.54, 1.807) is 0 Å². The van der Waals surface area contributed by atoms with Crippen LogP contribution in [0.5, 0.6) is 0 Å². The summed E-state index contributed by atoms with van der Waals surface area (Å²) in [5.41, 5.74) is 1.29. The lowest BCUT2D eigenvalue weighted by atomic mass is 10.1. The van der Waals surface area contributed by atoms with E-state index in [0.29, 0.717) is 19.3 Å². The Morgan fingerprint density at radius 3 is 2.35 bits per heavy atom. The zero-order chi connectivity index (χ0) is 12.3. The van der Waals surface area contributed by atoms with E-state index < -0.39 is 5.79 Å². The molecule has 3 heteroatoms. The third-order valence-electron chi connectivity index (χ3n) is 3.05. The summed E-state index contributed by atoms with van der Waals surface area (Å²) in [6.07, 6.45) is 0. The Balaban J connectivity index is 1.86. The molecular weight excluding hydrogens is 214 g/mol. The van der Waals surface area contributed by atoms with E-state index in [2.05, 4.69) is 36.5 Å². The van der Waals surface area contributed by atoms with Gasteiger partial charge in [0.25, 0.3) is 0 Å². The van der Waals surface area contributed by atoms with Crippen molar-refractivity contribution in [2.45, 2.75) is 38.6 Å². The van der Waals surface area contributed by atoms with Crippen LogP contribution in [0.3, 0.4) is 0 Å². The summed E-state index contributed by atoms with van der Waals surface area (Å²) in [5.74, 6) is -0.436. The SMILES string of the molecule is CC(NC1COC(C)(C)OC1)c1ccccc1. The van der Waals surface area contributed by atoms with Gasteiger partial charge in [0.05, 0.1) is 19.3 Å². The highest BCUT2D eigenvalue weighted by atomic mass is 16.7. The normalized spacial score (nSPS) is 22.3. The van der Waals surface area contributed by atoms with Crippen LogP contribution >= 0.6 is 0 Å². The molecule has 2 rings (SSSR count). The summed E-state index contributed by atoms with van der Waals surface area (Å²) in [6.45, 7) is 7.46. The molecule has 1 aromatic rings. The van der Waals surface area contributed by atoms with Crippen LogP contribution in [0, 0.1) is 0 Å². The predicted octanol–water partition coefficient (Wildman–Crippen LogP) is 2.49. The Morgan fingerprint density at radius 1 is 1.18 bits per heavy atom. The molecule has 1 aromatic carbocycles. The first-order chi connectivity index (χ1) is 8.07. The molecule has 0 bridgehead atoms. The van der Waals surface area contributed by atoms with Crippen molar-refractivity contribution in [1.82, 2.24) is 5.32 Å². The van der Waals surface area contributed by atoms with Crippen LogP contribution in [0.4, 0.5) is 0 Å². The Bertz CT molecular complexity index is 340. The van der Waals surface area contributed by atoms with E-state index in [1.165, 1.54) is 5.56 Å². The Kier molecular flexibility index (Phi) is 3.82. The molecule has 1 aliphatic rings. The van der Waals surface area contributed by atoms with Crippen molar-refractivity contribution in [1.29, 1.82) is 0 Å². The van der Waals surface area contributed by atoms with Gasteiger partial charge in [-0.1, -0.05) is 30.3 Å². The number of nitrogens with one attached hydrogen (secondary N) is 1. The number of benzene rings is 1. The molecule has 94 valence electrons. The molecule has 1 N–H and O–H groups in total. The first-order valence-corrected chi connectivity index (χ1v) is 6.16. The van der Waals surface area contributed by atoms with Crippen LogP contribution in [-0.4, -0.2) is 25.0 Å². The van der Waals surface area contributed by atoms with Crippen molar-refractivity contribution in [2.24, 2.45) is 0 Å². The summed E-state index contributed by atoms with van der Waals surface area (Å²) >= 11 is 0. The second-order valence-corrected chi connectivity index (χ2v) is 5.02. The van der Waals surface area contributed by atoms with Crippen LogP contribution in [0.25, 0.3) is 0 Å². The molecule has 0 spiro atoms. The van der Waals surface area contributed by atoms with Crippen molar-refractivity contribution < 1.29 is 9.47 Å². The molecule has 1 fully saturated rings. The quantitative estimate of drug-likeness (QED) is 0.873. The van der Waals surface area contributed by atoms with Crippen molar-refractivity contribution in [2.75, 3.05) is 13.2 Å². The molecule has 0 saturated carbocycles. The van der Waals surface area contributed by atoms with Gasteiger partial charge in [-0.25, -0.2) is 0 Å². The lowest BCUT2D eigenvalue weighted by molar-refractivity contribution is -0.253. The highest BCUT2D eigenvalue weighted by Crippen LogP contribution is 2.19. The summed E-state index contributed by atoms with van der Waals surface area (Å²) in [6, 6.07) is 11.0. The molecule has 0 aliphatic carbocycles. The van der Waals surface area contributed by atoms with Gasteiger partial charge in [0.2, 0.25) is 0 Å². The van der Waals surface area contributed by atoms with E-state index in [1.807, 2.05) is 19.9 Å².